The lowest BCUT2D eigenvalue weighted by Crippen LogP contribution is -2.47. The average molecular weight is 327 g/mol. The normalized spacial score (nSPS) is 18.1. The van der Waals surface area contributed by atoms with Gasteiger partial charge in [-0.1, -0.05) is 19.1 Å². The van der Waals surface area contributed by atoms with E-state index in [4.69, 9.17) is 0 Å². The molecular weight excluding hydrogens is 302 g/mol. The van der Waals surface area contributed by atoms with Gasteiger partial charge in [-0.2, -0.15) is 0 Å². The van der Waals surface area contributed by atoms with Gasteiger partial charge in [0.1, 0.15) is 5.82 Å². The summed E-state index contributed by atoms with van der Waals surface area (Å²) in [6.07, 6.45) is 4.30. The van der Waals surface area contributed by atoms with E-state index in [-0.39, 0.29) is 17.7 Å². The van der Waals surface area contributed by atoms with E-state index in [0.717, 1.165) is 41.7 Å². The van der Waals surface area contributed by atoms with Crippen molar-refractivity contribution in [3.8, 4) is 0 Å². The number of piperidine rings is 1. The molecular formula is C19H25N3O2. The third-order valence-corrected chi connectivity index (χ3v) is 4.88. The van der Waals surface area contributed by atoms with E-state index in [9.17, 15) is 9.59 Å². The predicted molar refractivity (Wildman–Crippen MR) is 93.8 cm³/mol. The van der Waals surface area contributed by atoms with Crippen molar-refractivity contribution in [2.75, 3.05) is 6.54 Å². The number of para-hydroxylation sites is 1. The fraction of sp³-hybridized carbons (Fsp3) is 0.526. The fourth-order valence-corrected chi connectivity index (χ4v) is 3.51. The summed E-state index contributed by atoms with van der Waals surface area (Å²) in [6.45, 7) is 4.61. The Hall–Kier alpha value is -2.17. The number of imidazole rings is 1. The minimum Gasteiger partial charge on any atom is -0.342 e. The summed E-state index contributed by atoms with van der Waals surface area (Å²) in [5.41, 5.74) is 3.11. The van der Waals surface area contributed by atoms with E-state index < -0.39 is 0 Å². The van der Waals surface area contributed by atoms with Crippen LogP contribution in [0.15, 0.2) is 18.2 Å². The molecule has 0 spiro atoms. The van der Waals surface area contributed by atoms with Crippen molar-refractivity contribution >= 4 is 22.7 Å². The molecule has 1 N–H and O–H groups in total. The fourth-order valence-electron chi connectivity index (χ4n) is 3.51. The van der Waals surface area contributed by atoms with Crippen LogP contribution in [0.4, 0.5) is 0 Å². The maximum absolute atomic E-state index is 12.6. The molecule has 1 amide bonds. The number of hydrogen-bond acceptors (Lipinski definition) is 3. The van der Waals surface area contributed by atoms with Crippen LogP contribution in [0.25, 0.3) is 11.0 Å². The van der Waals surface area contributed by atoms with Crippen molar-refractivity contribution in [2.24, 2.45) is 0 Å². The standard InChI is InChI=1S/C19H25N3O2/c1-3-16(23)15-9-4-5-12-22(15)18(24)11-10-17-20-14-8-6-7-13(2)19(14)21-17/h6-8,15H,3-5,9-12H2,1-2H3,(H,20,21)/t15-/m0/s1. The van der Waals surface area contributed by atoms with Gasteiger partial charge >= 0.3 is 0 Å². The van der Waals surface area contributed by atoms with E-state index in [1.165, 1.54) is 0 Å². The van der Waals surface area contributed by atoms with Crippen molar-refractivity contribution in [1.82, 2.24) is 14.9 Å². The lowest BCUT2D eigenvalue weighted by molar-refractivity contribution is -0.141. The number of fused-ring (bicyclic) bond motifs is 1. The monoisotopic (exact) mass is 327 g/mol. The minimum absolute atomic E-state index is 0.0682. The first kappa shape index (κ1) is 16.7. The Balaban J connectivity index is 1.67. The number of aromatic nitrogens is 2. The molecule has 5 nitrogen and oxygen atoms in total. The number of rotatable bonds is 5. The number of H-pyrrole nitrogens is 1. The van der Waals surface area contributed by atoms with Crippen LogP contribution < -0.4 is 0 Å². The lowest BCUT2D eigenvalue weighted by atomic mass is 9.96. The Labute approximate surface area is 142 Å². The van der Waals surface area contributed by atoms with Crippen LogP contribution in [0, 0.1) is 6.92 Å². The van der Waals surface area contributed by atoms with Crippen molar-refractivity contribution in [3.63, 3.8) is 0 Å². The van der Waals surface area contributed by atoms with Gasteiger partial charge in [-0.05, 0) is 37.8 Å². The number of hydrogen-bond donors (Lipinski definition) is 1. The number of aryl methyl sites for hydroxylation is 2. The van der Waals surface area contributed by atoms with Crippen LogP contribution in [-0.4, -0.2) is 39.1 Å². The van der Waals surface area contributed by atoms with Gasteiger partial charge in [0, 0.05) is 25.8 Å². The molecule has 0 saturated carbocycles. The second kappa shape index (κ2) is 7.16. The van der Waals surface area contributed by atoms with Gasteiger partial charge in [0.15, 0.2) is 5.78 Å². The predicted octanol–water partition coefficient (Wildman–Crippen LogP) is 3.16. The van der Waals surface area contributed by atoms with Gasteiger partial charge in [-0.25, -0.2) is 4.98 Å². The first-order valence-corrected chi connectivity index (χ1v) is 8.86. The number of benzene rings is 1. The highest BCUT2D eigenvalue weighted by Crippen LogP contribution is 2.21. The zero-order valence-corrected chi connectivity index (χ0v) is 14.5. The third-order valence-electron chi connectivity index (χ3n) is 4.88. The Bertz CT molecular complexity index is 750. The second-order valence-corrected chi connectivity index (χ2v) is 6.57. The summed E-state index contributed by atoms with van der Waals surface area (Å²) in [6, 6.07) is 5.82. The van der Waals surface area contributed by atoms with Gasteiger partial charge in [0.05, 0.1) is 17.1 Å². The molecule has 2 heterocycles. The molecule has 1 aromatic heterocycles. The number of carbonyl (C=O) groups excluding carboxylic acids is 2. The van der Waals surface area contributed by atoms with Crippen LogP contribution in [-0.2, 0) is 16.0 Å². The molecule has 0 aliphatic carbocycles. The summed E-state index contributed by atoms with van der Waals surface area (Å²) < 4.78 is 0. The van der Waals surface area contributed by atoms with Crippen molar-refractivity contribution < 1.29 is 9.59 Å². The maximum atomic E-state index is 12.6. The Kier molecular flexibility index (Phi) is 4.97. The van der Waals surface area contributed by atoms with Gasteiger partial charge in [-0.3, -0.25) is 9.59 Å². The highest BCUT2D eigenvalue weighted by molar-refractivity contribution is 5.89. The van der Waals surface area contributed by atoms with E-state index >= 15 is 0 Å². The minimum atomic E-state index is -0.214. The summed E-state index contributed by atoms with van der Waals surface area (Å²) in [5.74, 6) is 1.09. The van der Waals surface area contributed by atoms with E-state index in [1.807, 2.05) is 32.0 Å². The highest BCUT2D eigenvalue weighted by atomic mass is 16.2. The third kappa shape index (κ3) is 3.35. The van der Waals surface area contributed by atoms with Crippen LogP contribution in [0.5, 0.6) is 0 Å². The molecule has 3 rings (SSSR count). The number of ketones is 1. The summed E-state index contributed by atoms with van der Waals surface area (Å²) >= 11 is 0. The lowest BCUT2D eigenvalue weighted by Gasteiger charge is -2.34. The quantitative estimate of drug-likeness (QED) is 0.917. The largest absolute Gasteiger partial charge is 0.342 e. The highest BCUT2D eigenvalue weighted by Gasteiger charge is 2.30. The van der Waals surface area contributed by atoms with E-state index in [0.29, 0.717) is 25.8 Å². The van der Waals surface area contributed by atoms with Crippen LogP contribution >= 0.6 is 0 Å². The molecule has 1 aliphatic heterocycles. The van der Waals surface area contributed by atoms with Crippen molar-refractivity contribution in [2.45, 2.75) is 58.4 Å². The molecule has 128 valence electrons. The topological polar surface area (TPSA) is 66.1 Å². The number of nitrogens with zero attached hydrogens (tertiary/aromatic N) is 2. The molecule has 1 aliphatic rings. The molecule has 1 aromatic carbocycles. The Morgan fingerprint density at radius 3 is 2.92 bits per heavy atom. The van der Waals surface area contributed by atoms with Crippen LogP contribution in [0.3, 0.4) is 0 Å². The summed E-state index contributed by atoms with van der Waals surface area (Å²) in [4.78, 5) is 34.4. The molecule has 1 saturated heterocycles. The Morgan fingerprint density at radius 2 is 2.17 bits per heavy atom. The number of amides is 1. The summed E-state index contributed by atoms with van der Waals surface area (Å²) in [5, 5.41) is 0. The average Bonchev–Trinajstić information content (AvgIpc) is 3.03. The smallest absolute Gasteiger partial charge is 0.223 e. The van der Waals surface area contributed by atoms with Crippen molar-refractivity contribution in [1.29, 1.82) is 0 Å². The first-order chi connectivity index (χ1) is 11.6. The summed E-state index contributed by atoms with van der Waals surface area (Å²) in [7, 11) is 0. The number of carbonyl (C=O) groups is 2. The van der Waals surface area contributed by atoms with Gasteiger partial charge in [0.25, 0.3) is 0 Å². The van der Waals surface area contributed by atoms with Gasteiger partial charge < -0.3 is 9.88 Å². The van der Waals surface area contributed by atoms with Crippen molar-refractivity contribution in [3.05, 3.63) is 29.6 Å². The van der Waals surface area contributed by atoms with Gasteiger partial charge in [0.2, 0.25) is 5.91 Å². The van der Waals surface area contributed by atoms with E-state index in [1.54, 1.807) is 4.90 Å². The number of Topliss-reactive ketones (excluding diaryl/α,β-unsaturated/α-hetero) is 1. The molecule has 5 heteroatoms. The van der Waals surface area contributed by atoms with Crippen LogP contribution in [0.1, 0.15) is 50.4 Å². The molecule has 24 heavy (non-hydrogen) atoms. The molecule has 1 fully saturated rings. The zero-order valence-electron chi connectivity index (χ0n) is 14.5. The molecule has 0 radical (unpaired) electrons. The second-order valence-electron chi connectivity index (χ2n) is 6.57. The molecule has 1 atom stereocenters. The Morgan fingerprint density at radius 1 is 1.33 bits per heavy atom. The number of nitrogens with one attached hydrogen (secondary N) is 1. The molecule has 0 bridgehead atoms. The number of likely N-dealkylation sites (tertiary alicyclic amines) is 1. The number of aromatic amines is 1. The SMILES string of the molecule is CCC(=O)[C@@H]1CCCCN1C(=O)CCc1nc2c(C)cccc2[nH]1. The molecule has 2 aromatic rings. The molecule has 0 unspecified atom stereocenters. The first-order valence-electron chi connectivity index (χ1n) is 8.86. The van der Waals surface area contributed by atoms with E-state index in [2.05, 4.69) is 9.97 Å². The zero-order chi connectivity index (χ0) is 17.1. The maximum Gasteiger partial charge on any atom is 0.223 e. The van der Waals surface area contributed by atoms with Gasteiger partial charge in [-0.15, -0.1) is 0 Å². The van der Waals surface area contributed by atoms with Crippen LogP contribution in [0.2, 0.25) is 0 Å².